The van der Waals surface area contributed by atoms with Gasteiger partial charge in [0.2, 0.25) is 5.91 Å². The Labute approximate surface area is 110 Å². The van der Waals surface area contributed by atoms with E-state index in [0.717, 1.165) is 32.5 Å². The van der Waals surface area contributed by atoms with Gasteiger partial charge in [-0.25, -0.2) is 0 Å². The van der Waals surface area contributed by atoms with Crippen molar-refractivity contribution in [3.05, 3.63) is 0 Å². The molecule has 1 aliphatic heterocycles. The summed E-state index contributed by atoms with van der Waals surface area (Å²) in [5, 5.41) is 6.48. The van der Waals surface area contributed by atoms with Gasteiger partial charge in [0.15, 0.2) is 0 Å². The number of carbonyl (C=O) groups excluding carboxylic acids is 1. The first-order valence-electron chi connectivity index (χ1n) is 7.26. The summed E-state index contributed by atoms with van der Waals surface area (Å²) in [7, 11) is 1.74. The van der Waals surface area contributed by atoms with Crippen molar-refractivity contribution in [2.45, 2.75) is 51.0 Å². The minimum atomic E-state index is 0.0331. The molecule has 0 spiro atoms. The van der Waals surface area contributed by atoms with Gasteiger partial charge in [0, 0.05) is 20.3 Å². The maximum absolute atomic E-state index is 12.1. The zero-order chi connectivity index (χ0) is 12.8. The van der Waals surface area contributed by atoms with E-state index in [2.05, 4.69) is 10.6 Å². The van der Waals surface area contributed by atoms with E-state index in [-0.39, 0.29) is 11.9 Å². The van der Waals surface area contributed by atoms with Crippen LogP contribution < -0.4 is 10.6 Å². The third-order valence-electron chi connectivity index (χ3n) is 4.31. The molecular weight excluding hydrogens is 228 g/mol. The summed E-state index contributed by atoms with van der Waals surface area (Å²) >= 11 is 0. The smallest absolute Gasteiger partial charge is 0.237 e. The average Bonchev–Trinajstić information content (AvgIpc) is 3.18. The van der Waals surface area contributed by atoms with Crippen molar-refractivity contribution in [2.24, 2.45) is 5.41 Å². The van der Waals surface area contributed by atoms with Crippen molar-refractivity contribution in [1.82, 2.24) is 10.6 Å². The fourth-order valence-corrected chi connectivity index (χ4v) is 2.66. The molecule has 18 heavy (non-hydrogen) atoms. The van der Waals surface area contributed by atoms with Crippen molar-refractivity contribution in [3.8, 4) is 0 Å². The van der Waals surface area contributed by atoms with E-state index in [1.165, 1.54) is 32.1 Å². The topological polar surface area (TPSA) is 50.4 Å². The van der Waals surface area contributed by atoms with E-state index < -0.39 is 0 Å². The predicted octanol–water partition coefficient (Wildman–Crippen LogP) is 1.45. The van der Waals surface area contributed by atoms with Crippen LogP contribution >= 0.6 is 0 Å². The lowest BCUT2D eigenvalue weighted by Crippen LogP contribution is -2.45. The number of methoxy groups -OCH3 is 1. The summed E-state index contributed by atoms with van der Waals surface area (Å²) in [5.74, 6) is 0.195. The first-order valence-corrected chi connectivity index (χ1v) is 7.26. The van der Waals surface area contributed by atoms with E-state index in [1.54, 1.807) is 7.11 Å². The standard InChI is InChI=1S/C14H26N2O2/c1-18-10-8-14(6-7-14)11-16-13(17)12-5-3-2-4-9-15-12/h12,15H,2-11H2,1H3,(H,16,17). The Morgan fingerprint density at radius 2 is 2.22 bits per heavy atom. The van der Waals surface area contributed by atoms with Crippen LogP contribution in [-0.4, -0.2) is 38.8 Å². The first-order chi connectivity index (χ1) is 8.76. The van der Waals surface area contributed by atoms with Crippen molar-refractivity contribution >= 4 is 5.91 Å². The zero-order valence-corrected chi connectivity index (χ0v) is 11.5. The van der Waals surface area contributed by atoms with Crippen LogP contribution in [-0.2, 0) is 9.53 Å². The van der Waals surface area contributed by atoms with Gasteiger partial charge >= 0.3 is 0 Å². The molecule has 1 heterocycles. The van der Waals surface area contributed by atoms with E-state index in [9.17, 15) is 4.79 Å². The molecule has 1 unspecified atom stereocenters. The van der Waals surface area contributed by atoms with Crippen molar-refractivity contribution in [1.29, 1.82) is 0 Å². The van der Waals surface area contributed by atoms with Crippen molar-refractivity contribution in [3.63, 3.8) is 0 Å². The molecule has 1 saturated carbocycles. The van der Waals surface area contributed by atoms with Crippen molar-refractivity contribution in [2.75, 3.05) is 26.8 Å². The maximum atomic E-state index is 12.1. The lowest BCUT2D eigenvalue weighted by molar-refractivity contribution is -0.123. The lowest BCUT2D eigenvalue weighted by Gasteiger charge is -2.19. The van der Waals surface area contributed by atoms with Gasteiger partial charge in [0.05, 0.1) is 6.04 Å². The van der Waals surface area contributed by atoms with Gasteiger partial charge < -0.3 is 15.4 Å². The molecular formula is C14H26N2O2. The number of carbonyl (C=O) groups is 1. The molecule has 0 aromatic rings. The van der Waals surface area contributed by atoms with E-state index in [0.29, 0.717) is 5.41 Å². The molecule has 2 rings (SSSR count). The number of nitrogens with one attached hydrogen (secondary N) is 2. The SMILES string of the molecule is COCCC1(CNC(=O)C2CCCCCN2)CC1. The molecule has 0 radical (unpaired) electrons. The third-order valence-corrected chi connectivity index (χ3v) is 4.31. The first kappa shape index (κ1) is 13.8. The molecule has 1 amide bonds. The summed E-state index contributed by atoms with van der Waals surface area (Å²) in [6.07, 6.45) is 8.12. The average molecular weight is 254 g/mol. The van der Waals surface area contributed by atoms with E-state index >= 15 is 0 Å². The van der Waals surface area contributed by atoms with Crippen LogP contribution in [0.15, 0.2) is 0 Å². The van der Waals surface area contributed by atoms with Crippen LogP contribution in [0.3, 0.4) is 0 Å². The van der Waals surface area contributed by atoms with Crippen LogP contribution in [0.5, 0.6) is 0 Å². The van der Waals surface area contributed by atoms with Gasteiger partial charge in [-0.1, -0.05) is 12.8 Å². The highest BCUT2D eigenvalue weighted by atomic mass is 16.5. The summed E-state index contributed by atoms with van der Waals surface area (Å²) in [6.45, 7) is 2.61. The molecule has 2 fully saturated rings. The maximum Gasteiger partial charge on any atom is 0.237 e. The Morgan fingerprint density at radius 3 is 2.94 bits per heavy atom. The predicted molar refractivity (Wildman–Crippen MR) is 71.4 cm³/mol. The molecule has 104 valence electrons. The third kappa shape index (κ3) is 3.95. The van der Waals surface area contributed by atoms with Crippen LogP contribution in [0, 0.1) is 5.41 Å². The number of ether oxygens (including phenoxy) is 1. The Hall–Kier alpha value is -0.610. The van der Waals surface area contributed by atoms with Crippen LogP contribution in [0.25, 0.3) is 0 Å². The zero-order valence-electron chi connectivity index (χ0n) is 11.5. The quantitative estimate of drug-likeness (QED) is 0.754. The van der Waals surface area contributed by atoms with Gasteiger partial charge in [0.25, 0.3) is 0 Å². The Morgan fingerprint density at radius 1 is 1.39 bits per heavy atom. The van der Waals surface area contributed by atoms with Crippen LogP contribution in [0.1, 0.15) is 44.9 Å². The molecule has 4 heteroatoms. The monoisotopic (exact) mass is 254 g/mol. The Balaban J connectivity index is 1.70. The largest absolute Gasteiger partial charge is 0.385 e. The van der Waals surface area contributed by atoms with Gasteiger partial charge in [-0.05, 0) is 44.1 Å². The lowest BCUT2D eigenvalue weighted by atomic mass is 10.0. The summed E-state index contributed by atoms with van der Waals surface area (Å²) in [6, 6.07) is 0.0331. The number of hydrogen-bond acceptors (Lipinski definition) is 3. The molecule has 1 aliphatic carbocycles. The molecule has 2 N–H and O–H groups in total. The molecule has 2 aliphatic rings. The van der Waals surface area contributed by atoms with Gasteiger partial charge in [-0.3, -0.25) is 4.79 Å². The summed E-state index contributed by atoms with van der Waals surface area (Å²) in [5.41, 5.74) is 0.344. The van der Waals surface area contributed by atoms with Gasteiger partial charge in [0.1, 0.15) is 0 Å². The fourth-order valence-electron chi connectivity index (χ4n) is 2.66. The molecule has 0 bridgehead atoms. The Kier molecular flexibility index (Phi) is 5.01. The molecule has 0 aromatic carbocycles. The Bertz CT molecular complexity index is 269. The second-order valence-electron chi connectivity index (χ2n) is 5.82. The number of rotatable bonds is 6. The van der Waals surface area contributed by atoms with Gasteiger partial charge in [-0.2, -0.15) is 0 Å². The molecule has 4 nitrogen and oxygen atoms in total. The number of hydrogen-bond donors (Lipinski definition) is 2. The van der Waals surface area contributed by atoms with E-state index in [4.69, 9.17) is 4.74 Å². The van der Waals surface area contributed by atoms with Crippen molar-refractivity contribution < 1.29 is 9.53 Å². The van der Waals surface area contributed by atoms with Crippen LogP contribution in [0.2, 0.25) is 0 Å². The molecule has 1 saturated heterocycles. The minimum absolute atomic E-state index is 0.0331. The van der Waals surface area contributed by atoms with Gasteiger partial charge in [-0.15, -0.1) is 0 Å². The second kappa shape index (κ2) is 6.53. The summed E-state index contributed by atoms with van der Waals surface area (Å²) in [4.78, 5) is 12.1. The highest BCUT2D eigenvalue weighted by Crippen LogP contribution is 2.48. The second-order valence-corrected chi connectivity index (χ2v) is 5.82. The number of amides is 1. The minimum Gasteiger partial charge on any atom is -0.385 e. The normalized spacial score (nSPS) is 26.4. The van der Waals surface area contributed by atoms with Crippen LogP contribution in [0.4, 0.5) is 0 Å². The van der Waals surface area contributed by atoms with E-state index in [1.807, 2.05) is 0 Å². The molecule has 0 aromatic heterocycles. The molecule has 1 atom stereocenters. The highest BCUT2D eigenvalue weighted by molar-refractivity contribution is 5.81. The highest BCUT2D eigenvalue weighted by Gasteiger charge is 2.42. The fraction of sp³-hybridized carbons (Fsp3) is 0.929. The summed E-state index contributed by atoms with van der Waals surface area (Å²) < 4.78 is 5.13.